The van der Waals surface area contributed by atoms with Gasteiger partial charge < -0.3 is 4.52 Å². The average molecular weight is 205 g/mol. The van der Waals surface area contributed by atoms with E-state index in [4.69, 9.17) is 10.4 Å². The van der Waals surface area contributed by atoms with Crippen LogP contribution in [0.1, 0.15) is 11.3 Å². The van der Waals surface area contributed by atoms with Crippen molar-refractivity contribution in [2.45, 2.75) is 13.3 Å². The maximum Gasteiger partial charge on any atom is 0.240 e. The molecule has 0 spiro atoms. The van der Waals surface area contributed by atoms with Crippen LogP contribution in [0.4, 0.5) is 0 Å². The lowest BCUT2D eigenvalue weighted by Gasteiger charge is -1.95. The number of amides is 1. The molecule has 0 aliphatic rings. The van der Waals surface area contributed by atoms with E-state index in [9.17, 15) is 4.79 Å². The van der Waals surface area contributed by atoms with Crippen molar-refractivity contribution in [3.63, 3.8) is 0 Å². The molecule has 0 aliphatic heterocycles. The molecule has 2 aromatic rings. The number of aromatic nitrogens is 1. The van der Waals surface area contributed by atoms with Crippen LogP contribution >= 0.6 is 0 Å². The number of fused-ring (bicyclic) bond motifs is 1. The van der Waals surface area contributed by atoms with E-state index in [1.54, 1.807) is 0 Å². The van der Waals surface area contributed by atoms with Gasteiger partial charge in [0.15, 0.2) is 5.58 Å². The number of hydrogen-bond acceptors (Lipinski definition) is 4. The number of carbonyl (C=O) groups is 1. The van der Waals surface area contributed by atoms with Crippen LogP contribution < -0.4 is 11.3 Å². The number of hydrogen-bond donors (Lipinski definition) is 2. The van der Waals surface area contributed by atoms with Gasteiger partial charge in [0.2, 0.25) is 5.91 Å². The Labute approximate surface area is 86.2 Å². The van der Waals surface area contributed by atoms with Gasteiger partial charge in [0.05, 0.1) is 6.42 Å². The van der Waals surface area contributed by atoms with Crippen LogP contribution in [0, 0.1) is 6.92 Å². The number of rotatable bonds is 2. The van der Waals surface area contributed by atoms with Gasteiger partial charge >= 0.3 is 0 Å². The van der Waals surface area contributed by atoms with Crippen LogP contribution in [0.15, 0.2) is 22.7 Å². The normalized spacial score (nSPS) is 10.5. The maximum atomic E-state index is 11.1. The predicted octanol–water partition coefficient (Wildman–Crippen LogP) is 0.669. The van der Waals surface area contributed by atoms with Crippen LogP contribution in [0.3, 0.4) is 0 Å². The highest BCUT2D eigenvalue weighted by molar-refractivity contribution is 5.86. The summed E-state index contributed by atoms with van der Waals surface area (Å²) in [6, 6.07) is 5.72. The molecule has 0 radical (unpaired) electrons. The SMILES string of the molecule is Cc1ccc2c(CC(=O)NN)noc2c1. The zero-order chi connectivity index (χ0) is 10.8. The molecule has 0 atom stereocenters. The van der Waals surface area contributed by atoms with Crippen molar-refractivity contribution in [3.8, 4) is 0 Å². The highest BCUT2D eigenvalue weighted by Gasteiger charge is 2.11. The summed E-state index contributed by atoms with van der Waals surface area (Å²) >= 11 is 0. The molecular formula is C10H11N3O2. The van der Waals surface area contributed by atoms with E-state index in [0.717, 1.165) is 10.9 Å². The third-order valence-corrected chi connectivity index (χ3v) is 2.19. The summed E-state index contributed by atoms with van der Waals surface area (Å²) in [5, 5.41) is 4.68. The molecule has 5 heteroatoms. The molecule has 0 bridgehead atoms. The van der Waals surface area contributed by atoms with E-state index in [-0.39, 0.29) is 12.3 Å². The van der Waals surface area contributed by atoms with Gasteiger partial charge in [0, 0.05) is 5.39 Å². The minimum atomic E-state index is -0.286. The Morgan fingerprint density at radius 1 is 1.60 bits per heavy atom. The van der Waals surface area contributed by atoms with Crippen molar-refractivity contribution in [3.05, 3.63) is 29.5 Å². The Bertz CT molecular complexity index is 504. The number of nitrogens with zero attached hydrogens (tertiary/aromatic N) is 1. The van der Waals surface area contributed by atoms with Crippen molar-refractivity contribution < 1.29 is 9.32 Å². The Kier molecular flexibility index (Phi) is 2.39. The largest absolute Gasteiger partial charge is 0.356 e. The van der Waals surface area contributed by atoms with Gasteiger partial charge in [-0.3, -0.25) is 10.2 Å². The summed E-state index contributed by atoms with van der Waals surface area (Å²) in [6.07, 6.45) is 0.132. The van der Waals surface area contributed by atoms with E-state index in [1.807, 2.05) is 25.1 Å². The Morgan fingerprint density at radius 2 is 2.40 bits per heavy atom. The van der Waals surface area contributed by atoms with Crippen molar-refractivity contribution in [1.82, 2.24) is 10.6 Å². The second kappa shape index (κ2) is 3.70. The highest BCUT2D eigenvalue weighted by atomic mass is 16.5. The van der Waals surface area contributed by atoms with Crippen molar-refractivity contribution in [2.75, 3.05) is 0 Å². The molecule has 3 N–H and O–H groups in total. The first-order valence-electron chi connectivity index (χ1n) is 4.55. The molecule has 1 heterocycles. The van der Waals surface area contributed by atoms with Crippen LogP contribution in [0.2, 0.25) is 0 Å². The molecule has 0 unspecified atom stereocenters. The lowest BCUT2D eigenvalue weighted by atomic mass is 10.1. The minimum Gasteiger partial charge on any atom is -0.356 e. The fourth-order valence-electron chi connectivity index (χ4n) is 1.43. The first-order chi connectivity index (χ1) is 7.20. The van der Waals surface area contributed by atoms with Gasteiger partial charge in [0.25, 0.3) is 0 Å². The molecule has 78 valence electrons. The first kappa shape index (κ1) is 9.67. The molecule has 1 aromatic heterocycles. The van der Waals surface area contributed by atoms with Crippen molar-refractivity contribution in [2.24, 2.45) is 5.84 Å². The fourth-order valence-corrected chi connectivity index (χ4v) is 1.43. The van der Waals surface area contributed by atoms with E-state index < -0.39 is 0 Å². The number of hydrazine groups is 1. The zero-order valence-corrected chi connectivity index (χ0v) is 8.28. The number of carbonyl (C=O) groups excluding carboxylic acids is 1. The van der Waals surface area contributed by atoms with Gasteiger partial charge in [-0.25, -0.2) is 5.84 Å². The monoisotopic (exact) mass is 205 g/mol. The minimum absolute atomic E-state index is 0.132. The summed E-state index contributed by atoms with van der Waals surface area (Å²) in [5.41, 5.74) is 4.44. The molecule has 5 nitrogen and oxygen atoms in total. The number of benzene rings is 1. The third kappa shape index (κ3) is 1.82. The van der Waals surface area contributed by atoms with Gasteiger partial charge in [-0.2, -0.15) is 0 Å². The van der Waals surface area contributed by atoms with Gasteiger partial charge in [-0.05, 0) is 24.6 Å². The molecule has 0 fully saturated rings. The van der Waals surface area contributed by atoms with Gasteiger partial charge in [-0.15, -0.1) is 0 Å². The van der Waals surface area contributed by atoms with Crippen LogP contribution in [0.25, 0.3) is 11.0 Å². The van der Waals surface area contributed by atoms with Crippen molar-refractivity contribution in [1.29, 1.82) is 0 Å². The summed E-state index contributed by atoms with van der Waals surface area (Å²) in [7, 11) is 0. The molecule has 2 rings (SSSR count). The summed E-state index contributed by atoms with van der Waals surface area (Å²) in [5.74, 6) is 4.71. The summed E-state index contributed by atoms with van der Waals surface area (Å²) < 4.78 is 5.10. The number of nitrogens with one attached hydrogen (secondary N) is 1. The lowest BCUT2D eigenvalue weighted by molar-refractivity contribution is -0.120. The number of nitrogens with two attached hydrogens (primary N) is 1. The Morgan fingerprint density at radius 3 is 3.13 bits per heavy atom. The predicted molar refractivity (Wildman–Crippen MR) is 54.8 cm³/mol. The Balaban J connectivity index is 2.41. The molecular weight excluding hydrogens is 194 g/mol. The number of aryl methyl sites for hydroxylation is 1. The molecule has 15 heavy (non-hydrogen) atoms. The smallest absolute Gasteiger partial charge is 0.240 e. The molecule has 1 amide bonds. The second-order valence-corrected chi connectivity index (χ2v) is 3.37. The van der Waals surface area contributed by atoms with Crippen LogP contribution in [-0.4, -0.2) is 11.1 Å². The maximum absolute atomic E-state index is 11.1. The van der Waals surface area contributed by atoms with E-state index in [0.29, 0.717) is 11.3 Å². The fraction of sp³-hybridized carbons (Fsp3) is 0.200. The lowest BCUT2D eigenvalue weighted by Crippen LogP contribution is -2.31. The highest BCUT2D eigenvalue weighted by Crippen LogP contribution is 2.19. The Hall–Kier alpha value is -1.88. The van der Waals surface area contributed by atoms with Gasteiger partial charge in [-0.1, -0.05) is 11.2 Å². The van der Waals surface area contributed by atoms with Crippen LogP contribution in [0.5, 0.6) is 0 Å². The molecule has 0 saturated carbocycles. The van der Waals surface area contributed by atoms with E-state index in [2.05, 4.69) is 10.6 Å². The summed E-state index contributed by atoms with van der Waals surface area (Å²) in [6.45, 7) is 1.97. The third-order valence-electron chi connectivity index (χ3n) is 2.19. The second-order valence-electron chi connectivity index (χ2n) is 3.37. The molecule has 1 aromatic carbocycles. The first-order valence-corrected chi connectivity index (χ1v) is 4.55. The molecule has 0 aliphatic carbocycles. The van der Waals surface area contributed by atoms with E-state index in [1.165, 1.54) is 0 Å². The average Bonchev–Trinajstić information content (AvgIpc) is 2.60. The topological polar surface area (TPSA) is 81.2 Å². The van der Waals surface area contributed by atoms with Crippen LogP contribution in [-0.2, 0) is 11.2 Å². The van der Waals surface area contributed by atoms with E-state index >= 15 is 0 Å². The zero-order valence-electron chi connectivity index (χ0n) is 8.28. The summed E-state index contributed by atoms with van der Waals surface area (Å²) in [4.78, 5) is 11.1. The quantitative estimate of drug-likeness (QED) is 0.429. The van der Waals surface area contributed by atoms with Gasteiger partial charge in [0.1, 0.15) is 5.69 Å². The molecule has 0 saturated heterocycles. The standard InChI is InChI=1S/C10H11N3O2/c1-6-2-3-7-8(5-10(14)12-11)13-15-9(7)4-6/h2-4H,5,11H2,1H3,(H,12,14). The van der Waals surface area contributed by atoms with Crippen molar-refractivity contribution >= 4 is 16.9 Å².